The van der Waals surface area contributed by atoms with Crippen molar-refractivity contribution in [3.05, 3.63) is 58.1 Å². The molecule has 0 fully saturated rings. The van der Waals surface area contributed by atoms with Crippen LogP contribution in [0.2, 0.25) is 10.0 Å². The van der Waals surface area contributed by atoms with Gasteiger partial charge in [0, 0.05) is 10.7 Å². The highest BCUT2D eigenvalue weighted by atomic mass is 35.5. The van der Waals surface area contributed by atoms with Crippen molar-refractivity contribution in [3.63, 3.8) is 0 Å². The molecule has 2 aromatic carbocycles. The number of benzene rings is 2. The van der Waals surface area contributed by atoms with E-state index >= 15 is 0 Å². The number of carbonyl (C=O) groups excluding carboxylic acids is 1. The minimum Gasteiger partial charge on any atom is -0.376 e. The summed E-state index contributed by atoms with van der Waals surface area (Å²) in [6.45, 7) is 2.24. The number of rotatable bonds is 5. The van der Waals surface area contributed by atoms with Crippen LogP contribution < -0.4 is 10.6 Å². The summed E-state index contributed by atoms with van der Waals surface area (Å²) in [6.07, 6.45) is 0.908. The molecule has 0 bridgehead atoms. The molecule has 0 aliphatic rings. The Labute approximate surface area is 134 Å². The largest absolute Gasteiger partial charge is 0.376 e. The van der Waals surface area contributed by atoms with Crippen molar-refractivity contribution in [2.45, 2.75) is 13.3 Å². The first-order valence-corrected chi connectivity index (χ1v) is 7.42. The second-order valence-corrected chi connectivity index (χ2v) is 5.38. The molecule has 0 unspecified atom stereocenters. The lowest BCUT2D eigenvalue weighted by Gasteiger charge is -2.12. The first kappa shape index (κ1) is 15.7. The second-order valence-electron chi connectivity index (χ2n) is 4.54. The molecule has 0 spiro atoms. The minimum atomic E-state index is -0.176. The summed E-state index contributed by atoms with van der Waals surface area (Å²) < 4.78 is 0. The number of para-hydroxylation sites is 1. The van der Waals surface area contributed by atoms with E-state index < -0.39 is 0 Å². The SMILES string of the molecule is CCc1ccccc1NCC(=O)Nc1cc(Cl)ccc1Cl. The molecule has 2 N–H and O–H groups in total. The number of hydrogen-bond donors (Lipinski definition) is 2. The van der Waals surface area contributed by atoms with Gasteiger partial charge >= 0.3 is 0 Å². The van der Waals surface area contributed by atoms with E-state index in [1.165, 1.54) is 5.56 Å². The van der Waals surface area contributed by atoms with Crippen LogP contribution in [0.15, 0.2) is 42.5 Å². The van der Waals surface area contributed by atoms with Gasteiger partial charge in [0.1, 0.15) is 0 Å². The Morgan fingerprint density at radius 2 is 1.86 bits per heavy atom. The normalized spacial score (nSPS) is 10.2. The molecule has 0 aliphatic carbocycles. The van der Waals surface area contributed by atoms with E-state index in [0.717, 1.165) is 12.1 Å². The Bertz CT molecular complexity index is 644. The fourth-order valence-corrected chi connectivity index (χ4v) is 2.30. The molecule has 2 aromatic rings. The van der Waals surface area contributed by atoms with Crippen LogP contribution in [0, 0.1) is 0 Å². The summed E-state index contributed by atoms with van der Waals surface area (Å²) >= 11 is 11.9. The van der Waals surface area contributed by atoms with Crippen LogP contribution in [0.5, 0.6) is 0 Å². The maximum Gasteiger partial charge on any atom is 0.243 e. The van der Waals surface area contributed by atoms with Crippen molar-refractivity contribution in [1.29, 1.82) is 0 Å². The monoisotopic (exact) mass is 322 g/mol. The fourth-order valence-electron chi connectivity index (χ4n) is 1.96. The molecule has 0 aliphatic heterocycles. The summed E-state index contributed by atoms with van der Waals surface area (Å²) in [5, 5.41) is 6.86. The van der Waals surface area contributed by atoms with E-state index in [0.29, 0.717) is 15.7 Å². The zero-order valence-electron chi connectivity index (χ0n) is 11.6. The Morgan fingerprint density at radius 1 is 1.10 bits per heavy atom. The Hall–Kier alpha value is -1.71. The first-order chi connectivity index (χ1) is 10.1. The van der Waals surface area contributed by atoms with Gasteiger partial charge in [-0.2, -0.15) is 0 Å². The third kappa shape index (κ3) is 4.38. The number of anilines is 2. The molecule has 2 rings (SSSR count). The van der Waals surface area contributed by atoms with Crippen LogP contribution in [0.3, 0.4) is 0 Å². The van der Waals surface area contributed by atoms with E-state index in [9.17, 15) is 4.79 Å². The fraction of sp³-hybridized carbons (Fsp3) is 0.188. The average Bonchev–Trinajstić information content (AvgIpc) is 2.49. The van der Waals surface area contributed by atoms with Crippen molar-refractivity contribution in [2.75, 3.05) is 17.2 Å². The van der Waals surface area contributed by atoms with Gasteiger partial charge in [0.15, 0.2) is 0 Å². The van der Waals surface area contributed by atoms with Crippen LogP contribution in [0.25, 0.3) is 0 Å². The van der Waals surface area contributed by atoms with E-state index in [-0.39, 0.29) is 12.5 Å². The van der Waals surface area contributed by atoms with Gasteiger partial charge in [-0.1, -0.05) is 48.3 Å². The van der Waals surface area contributed by atoms with Gasteiger partial charge in [-0.15, -0.1) is 0 Å². The number of hydrogen-bond acceptors (Lipinski definition) is 2. The van der Waals surface area contributed by atoms with Crippen molar-refractivity contribution >= 4 is 40.5 Å². The van der Waals surface area contributed by atoms with Gasteiger partial charge in [-0.25, -0.2) is 0 Å². The Kier molecular flexibility index (Phi) is 5.48. The molecule has 0 radical (unpaired) electrons. The summed E-state index contributed by atoms with van der Waals surface area (Å²) in [5.74, 6) is -0.176. The van der Waals surface area contributed by atoms with Gasteiger partial charge in [0.05, 0.1) is 17.3 Å². The molecule has 0 saturated carbocycles. The van der Waals surface area contributed by atoms with E-state index in [4.69, 9.17) is 23.2 Å². The molecular formula is C16H16Cl2N2O. The van der Waals surface area contributed by atoms with E-state index in [1.54, 1.807) is 18.2 Å². The van der Waals surface area contributed by atoms with Gasteiger partial charge < -0.3 is 10.6 Å². The molecule has 0 aromatic heterocycles. The highest BCUT2D eigenvalue weighted by Crippen LogP contribution is 2.25. The molecule has 0 heterocycles. The smallest absolute Gasteiger partial charge is 0.243 e. The van der Waals surface area contributed by atoms with Gasteiger partial charge in [0.2, 0.25) is 5.91 Å². The standard InChI is InChI=1S/C16H16Cl2N2O/c1-2-11-5-3-4-6-14(11)19-10-16(21)20-15-9-12(17)7-8-13(15)18/h3-9,19H,2,10H2,1H3,(H,20,21). The molecule has 0 atom stereocenters. The van der Waals surface area contributed by atoms with Gasteiger partial charge in [-0.3, -0.25) is 4.79 Å². The zero-order chi connectivity index (χ0) is 15.2. The number of carbonyl (C=O) groups is 1. The number of halogens is 2. The molecular weight excluding hydrogens is 307 g/mol. The lowest BCUT2D eigenvalue weighted by atomic mass is 10.1. The second kappa shape index (κ2) is 7.34. The molecule has 3 nitrogen and oxygen atoms in total. The van der Waals surface area contributed by atoms with Crippen LogP contribution in [0.4, 0.5) is 11.4 Å². The molecule has 5 heteroatoms. The van der Waals surface area contributed by atoms with Crippen LogP contribution >= 0.6 is 23.2 Å². The predicted octanol–water partition coefficient (Wildman–Crippen LogP) is 4.61. The summed E-state index contributed by atoms with van der Waals surface area (Å²) in [4.78, 5) is 12.0. The van der Waals surface area contributed by atoms with Gasteiger partial charge in [0.25, 0.3) is 0 Å². The van der Waals surface area contributed by atoms with Crippen LogP contribution in [-0.4, -0.2) is 12.5 Å². The topological polar surface area (TPSA) is 41.1 Å². The first-order valence-electron chi connectivity index (χ1n) is 6.67. The molecule has 110 valence electrons. The number of nitrogens with one attached hydrogen (secondary N) is 2. The zero-order valence-corrected chi connectivity index (χ0v) is 13.1. The molecule has 1 amide bonds. The Morgan fingerprint density at radius 3 is 2.62 bits per heavy atom. The maximum absolute atomic E-state index is 12.0. The summed E-state index contributed by atoms with van der Waals surface area (Å²) in [7, 11) is 0. The van der Waals surface area contributed by atoms with Crippen LogP contribution in [-0.2, 0) is 11.2 Å². The van der Waals surface area contributed by atoms with Gasteiger partial charge in [-0.05, 0) is 36.2 Å². The highest BCUT2D eigenvalue weighted by molar-refractivity contribution is 6.35. The van der Waals surface area contributed by atoms with Crippen LogP contribution in [0.1, 0.15) is 12.5 Å². The van der Waals surface area contributed by atoms with Crippen molar-refractivity contribution < 1.29 is 4.79 Å². The lowest BCUT2D eigenvalue weighted by molar-refractivity contribution is -0.114. The average molecular weight is 323 g/mol. The number of aryl methyl sites for hydroxylation is 1. The third-order valence-electron chi connectivity index (χ3n) is 3.04. The number of amides is 1. The summed E-state index contributed by atoms with van der Waals surface area (Å²) in [6, 6.07) is 12.9. The van der Waals surface area contributed by atoms with E-state index in [1.807, 2.05) is 24.3 Å². The minimum absolute atomic E-state index is 0.167. The molecule has 21 heavy (non-hydrogen) atoms. The lowest BCUT2D eigenvalue weighted by Crippen LogP contribution is -2.22. The van der Waals surface area contributed by atoms with Crippen molar-refractivity contribution in [1.82, 2.24) is 0 Å². The molecule has 0 saturated heterocycles. The quantitative estimate of drug-likeness (QED) is 0.844. The maximum atomic E-state index is 12.0. The third-order valence-corrected chi connectivity index (χ3v) is 3.60. The van der Waals surface area contributed by atoms with E-state index in [2.05, 4.69) is 17.6 Å². The van der Waals surface area contributed by atoms with Crippen molar-refractivity contribution in [2.24, 2.45) is 0 Å². The van der Waals surface area contributed by atoms with Crippen molar-refractivity contribution in [3.8, 4) is 0 Å². The Balaban J connectivity index is 1.97. The predicted molar refractivity (Wildman–Crippen MR) is 89.4 cm³/mol. The highest BCUT2D eigenvalue weighted by Gasteiger charge is 2.07. The summed E-state index contributed by atoms with van der Waals surface area (Å²) in [5.41, 5.74) is 2.65.